The first-order chi connectivity index (χ1) is 13.3. The van der Waals surface area contributed by atoms with Crippen LogP contribution >= 0.6 is 0 Å². The van der Waals surface area contributed by atoms with Crippen LogP contribution in [0.2, 0.25) is 0 Å². The van der Waals surface area contributed by atoms with Crippen LogP contribution < -0.4 is 0 Å². The molecule has 0 radical (unpaired) electrons. The fraction of sp³-hybridized carbons (Fsp3) is 0.913. The number of fused-ring (bicyclic) bond motifs is 6. The van der Waals surface area contributed by atoms with Crippen LogP contribution in [-0.2, 0) is 23.8 Å². The van der Waals surface area contributed by atoms with Gasteiger partial charge in [0.1, 0.15) is 11.9 Å². The maximum Gasteiger partial charge on any atom is 0.302 e. The lowest BCUT2D eigenvalue weighted by Crippen LogP contribution is -2.64. The van der Waals surface area contributed by atoms with Gasteiger partial charge in [-0.05, 0) is 61.7 Å². The third-order valence-electron chi connectivity index (χ3n) is 9.46. The standard InChI is InChI=1S/C23H34O5/c1-14(24)28-16-6-8-21(2)15(12-16)13-23(26-10-11-27-23)20-17-4-5-19(25)22(17,3)9-7-18(20)21/h15-18,20H,4-13H2,1-3H3/t15-,16+,17+,18+,20+,21+,22+/m1/s1. The van der Waals surface area contributed by atoms with E-state index in [2.05, 4.69) is 13.8 Å². The van der Waals surface area contributed by atoms with Crippen molar-refractivity contribution in [1.82, 2.24) is 0 Å². The molecule has 1 spiro atoms. The Labute approximate surface area is 167 Å². The smallest absolute Gasteiger partial charge is 0.302 e. The molecule has 1 aliphatic heterocycles. The molecule has 4 saturated carbocycles. The van der Waals surface area contributed by atoms with Crippen molar-refractivity contribution in [2.45, 2.75) is 84.0 Å². The number of ketones is 1. The summed E-state index contributed by atoms with van der Waals surface area (Å²) in [5.74, 6) is 1.38. The topological polar surface area (TPSA) is 61.8 Å². The lowest BCUT2D eigenvalue weighted by molar-refractivity contribution is -0.297. The first kappa shape index (κ1) is 19.0. The quantitative estimate of drug-likeness (QED) is 0.636. The van der Waals surface area contributed by atoms with E-state index in [-0.39, 0.29) is 22.9 Å². The van der Waals surface area contributed by atoms with Crippen molar-refractivity contribution in [3.05, 3.63) is 0 Å². The van der Waals surface area contributed by atoms with Gasteiger partial charge in [-0.15, -0.1) is 0 Å². The molecule has 0 N–H and O–H groups in total. The molecule has 5 fully saturated rings. The van der Waals surface area contributed by atoms with E-state index in [0.29, 0.717) is 42.7 Å². The van der Waals surface area contributed by atoms with Crippen molar-refractivity contribution in [2.24, 2.45) is 34.5 Å². The average Bonchev–Trinajstić information content (AvgIpc) is 3.22. The second-order valence-electron chi connectivity index (χ2n) is 10.6. The van der Waals surface area contributed by atoms with Gasteiger partial charge in [-0.25, -0.2) is 0 Å². The SMILES string of the molecule is CC(=O)O[C@H]1CC[C@@]2(C)[C@H](C1)CC1(OCCO1)[C@@H]1[C@@H]2CC[C@]2(C)C(=O)CC[C@@H]12. The first-order valence-corrected chi connectivity index (χ1v) is 11.3. The Bertz CT molecular complexity index is 682. The van der Waals surface area contributed by atoms with Crippen LogP contribution in [0.4, 0.5) is 0 Å². The number of esters is 1. The molecule has 0 aromatic heterocycles. The summed E-state index contributed by atoms with van der Waals surface area (Å²) in [5.41, 5.74) is 0.0243. The molecule has 0 unspecified atom stereocenters. The van der Waals surface area contributed by atoms with Gasteiger partial charge >= 0.3 is 5.97 Å². The van der Waals surface area contributed by atoms with Crippen LogP contribution in [0.5, 0.6) is 0 Å². The molecule has 0 bridgehead atoms. The van der Waals surface area contributed by atoms with Crippen LogP contribution in [0, 0.1) is 34.5 Å². The van der Waals surface area contributed by atoms with E-state index in [1.807, 2.05) is 0 Å². The Hall–Kier alpha value is -0.940. The van der Waals surface area contributed by atoms with Crippen LogP contribution in [-0.4, -0.2) is 36.9 Å². The average molecular weight is 391 g/mol. The minimum absolute atomic E-state index is 0.0208. The Morgan fingerprint density at radius 3 is 2.54 bits per heavy atom. The number of carbonyl (C=O) groups excluding carboxylic acids is 2. The zero-order chi connectivity index (χ0) is 19.7. The van der Waals surface area contributed by atoms with Crippen molar-refractivity contribution in [3.63, 3.8) is 0 Å². The highest BCUT2D eigenvalue weighted by atomic mass is 16.7. The molecule has 0 aromatic carbocycles. The molecule has 4 aliphatic carbocycles. The molecule has 28 heavy (non-hydrogen) atoms. The maximum absolute atomic E-state index is 12.8. The second-order valence-corrected chi connectivity index (χ2v) is 10.6. The summed E-state index contributed by atoms with van der Waals surface area (Å²) >= 11 is 0. The molecule has 5 rings (SSSR count). The molecule has 5 nitrogen and oxygen atoms in total. The summed E-state index contributed by atoms with van der Waals surface area (Å²) in [7, 11) is 0. The van der Waals surface area contributed by atoms with Crippen molar-refractivity contribution >= 4 is 11.8 Å². The second kappa shape index (κ2) is 6.28. The monoisotopic (exact) mass is 390 g/mol. The van der Waals surface area contributed by atoms with Crippen LogP contribution in [0.25, 0.3) is 0 Å². The molecule has 1 saturated heterocycles. The van der Waals surface area contributed by atoms with Gasteiger partial charge in [0.15, 0.2) is 5.79 Å². The minimum Gasteiger partial charge on any atom is -0.463 e. The molecule has 5 heteroatoms. The van der Waals surface area contributed by atoms with E-state index in [0.717, 1.165) is 51.4 Å². The van der Waals surface area contributed by atoms with Crippen LogP contribution in [0.3, 0.4) is 0 Å². The predicted molar refractivity (Wildman–Crippen MR) is 102 cm³/mol. The Kier molecular flexibility index (Phi) is 4.27. The Morgan fingerprint density at radius 1 is 1.07 bits per heavy atom. The Balaban J connectivity index is 1.51. The van der Waals surface area contributed by atoms with Crippen molar-refractivity contribution in [1.29, 1.82) is 0 Å². The molecule has 0 amide bonds. The summed E-state index contributed by atoms with van der Waals surface area (Å²) in [4.78, 5) is 24.3. The largest absolute Gasteiger partial charge is 0.463 e. The predicted octanol–water partition coefficient (Wildman–Crippen LogP) is 3.88. The third-order valence-corrected chi connectivity index (χ3v) is 9.46. The van der Waals surface area contributed by atoms with Gasteiger partial charge in [0.2, 0.25) is 0 Å². The molecule has 0 aromatic rings. The Morgan fingerprint density at radius 2 is 1.82 bits per heavy atom. The molecule has 7 atom stereocenters. The van der Waals surface area contributed by atoms with Gasteiger partial charge in [0, 0.05) is 31.1 Å². The van der Waals surface area contributed by atoms with Crippen LogP contribution in [0.15, 0.2) is 0 Å². The first-order valence-electron chi connectivity index (χ1n) is 11.3. The highest BCUT2D eigenvalue weighted by Crippen LogP contribution is 2.69. The van der Waals surface area contributed by atoms with Crippen LogP contribution in [0.1, 0.15) is 72.1 Å². The van der Waals surface area contributed by atoms with Crippen molar-refractivity contribution in [3.8, 4) is 0 Å². The third kappa shape index (κ3) is 2.51. The van der Waals surface area contributed by atoms with E-state index in [9.17, 15) is 9.59 Å². The van der Waals surface area contributed by atoms with E-state index < -0.39 is 5.79 Å². The number of carbonyl (C=O) groups is 2. The summed E-state index contributed by atoms with van der Waals surface area (Å²) in [6, 6.07) is 0. The molecular weight excluding hydrogens is 356 g/mol. The van der Waals surface area contributed by atoms with Gasteiger partial charge in [-0.3, -0.25) is 9.59 Å². The number of hydrogen-bond acceptors (Lipinski definition) is 5. The van der Waals surface area contributed by atoms with Gasteiger partial charge < -0.3 is 14.2 Å². The highest BCUT2D eigenvalue weighted by Gasteiger charge is 2.68. The molecular formula is C23H34O5. The van der Waals surface area contributed by atoms with Gasteiger partial charge in [-0.1, -0.05) is 13.8 Å². The molecule has 1 heterocycles. The normalized spacial score (nSPS) is 49.4. The molecule has 5 aliphatic rings. The maximum atomic E-state index is 12.8. The molecule has 156 valence electrons. The minimum atomic E-state index is -0.538. The summed E-state index contributed by atoms with van der Waals surface area (Å²) in [5, 5.41) is 0. The lowest BCUT2D eigenvalue weighted by Gasteiger charge is -2.64. The fourth-order valence-corrected chi connectivity index (χ4v) is 8.05. The van der Waals surface area contributed by atoms with E-state index in [1.54, 1.807) is 0 Å². The van der Waals surface area contributed by atoms with E-state index >= 15 is 0 Å². The van der Waals surface area contributed by atoms with Crippen molar-refractivity contribution in [2.75, 3.05) is 13.2 Å². The highest BCUT2D eigenvalue weighted by molar-refractivity contribution is 5.87. The number of rotatable bonds is 1. The van der Waals surface area contributed by atoms with Gasteiger partial charge in [0.05, 0.1) is 13.2 Å². The zero-order valence-corrected chi connectivity index (χ0v) is 17.5. The van der Waals surface area contributed by atoms with Gasteiger partial charge in [0.25, 0.3) is 0 Å². The van der Waals surface area contributed by atoms with E-state index in [1.165, 1.54) is 6.92 Å². The van der Waals surface area contributed by atoms with E-state index in [4.69, 9.17) is 14.2 Å². The van der Waals surface area contributed by atoms with Gasteiger partial charge in [-0.2, -0.15) is 0 Å². The summed E-state index contributed by atoms with van der Waals surface area (Å²) in [6.45, 7) is 7.47. The zero-order valence-electron chi connectivity index (χ0n) is 17.5. The summed E-state index contributed by atoms with van der Waals surface area (Å²) in [6.07, 6.45) is 7.64. The number of ether oxygens (including phenoxy) is 3. The summed E-state index contributed by atoms with van der Waals surface area (Å²) < 4.78 is 18.4. The lowest BCUT2D eigenvalue weighted by atomic mass is 9.43. The fourth-order valence-electron chi connectivity index (χ4n) is 8.05. The number of Topliss-reactive ketones (excluding diaryl/α,β-unsaturated/α-hetero) is 1. The van der Waals surface area contributed by atoms with Crippen molar-refractivity contribution < 1.29 is 23.8 Å². The number of hydrogen-bond donors (Lipinski definition) is 0.